The highest BCUT2D eigenvalue weighted by Crippen LogP contribution is 2.27. The molecule has 0 aromatic heterocycles. The molecule has 0 aliphatic rings. The van der Waals surface area contributed by atoms with Gasteiger partial charge in [0.15, 0.2) is 0 Å². The van der Waals surface area contributed by atoms with E-state index in [2.05, 4.69) is 0 Å². The van der Waals surface area contributed by atoms with Gasteiger partial charge in [-0.05, 0) is 48.5 Å². The Bertz CT molecular complexity index is 624. The molecule has 2 aromatic rings. The van der Waals surface area contributed by atoms with Crippen molar-refractivity contribution in [3.63, 3.8) is 0 Å². The van der Waals surface area contributed by atoms with E-state index in [0.717, 1.165) is 28.6 Å². The Balaban J connectivity index is 2.54. The van der Waals surface area contributed by atoms with Crippen LogP contribution in [0.3, 0.4) is 0 Å². The van der Waals surface area contributed by atoms with Gasteiger partial charge in [0.05, 0.1) is 11.4 Å². The highest BCUT2D eigenvalue weighted by atomic mass is 32.2. The number of rotatable bonds is 3. The van der Waals surface area contributed by atoms with Gasteiger partial charge in [0.2, 0.25) is 0 Å². The summed E-state index contributed by atoms with van der Waals surface area (Å²) in [7, 11) is -4.11. The minimum absolute atomic E-state index is 0.163. The first-order valence-electron chi connectivity index (χ1n) is 5.22. The molecule has 0 atom stereocenters. The van der Waals surface area contributed by atoms with Gasteiger partial charge in [-0.15, -0.1) is 0 Å². The normalized spacial score (nSPS) is 11.3. The average molecular weight is 284 g/mol. The van der Waals surface area contributed by atoms with Crippen molar-refractivity contribution in [2.75, 3.05) is 4.31 Å². The predicted molar refractivity (Wildman–Crippen MR) is 68.0 cm³/mol. The van der Waals surface area contributed by atoms with Crippen molar-refractivity contribution in [2.24, 2.45) is 5.14 Å². The van der Waals surface area contributed by atoms with Crippen LogP contribution in [0.1, 0.15) is 0 Å². The van der Waals surface area contributed by atoms with Gasteiger partial charge in [-0.3, -0.25) is 0 Å². The van der Waals surface area contributed by atoms with Gasteiger partial charge < -0.3 is 0 Å². The third kappa shape index (κ3) is 3.07. The van der Waals surface area contributed by atoms with Gasteiger partial charge in [0, 0.05) is 0 Å². The summed E-state index contributed by atoms with van der Waals surface area (Å²) in [5, 5.41) is 5.13. The largest absolute Gasteiger partial charge is 0.303 e. The van der Waals surface area contributed by atoms with Crippen LogP contribution in [-0.4, -0.2) is 8.42 Å². The molecule has 100 valence electrons. The van der Waals surface area contributed by atoms with E-state index in [1.807, 2.05) is 0 Å². The number of hydrogen-bond donors (Lipinski definition) is 1. The second-order valence-electron chi connectivity index (χ2n) is 3.76. The molecule has 0 radical (unpaired) electrons. The molecule has 0 bridgehead atoms. The smallest absolute Gasteiger partial charge is 0.226 e. The maximum atomic E-state index is 12.9. The molecule has 0 saturated heterocycles. The highest BCUT2D eigenvalue weighted by Gasteiger charge is 2.20. The van der Waals surface area contributed by atoms with Gasteiger partial charge in [-0.2, -0.15) is 8.42 Å². The van der Waals surface area contributed by atoms with Crippen molar-refractivity contribution in [3.8, 4) is 0 Å². The van der Waals surface area contributed by atoms with Gasteiger partial charge in [-0.25, -0.2) is 18.2 Å². The minimum Gasteiger partial charge on any atom is -0.226 e. The van der Waals surface area contributed by atoms with Crippen LogP contribution in [0, 0.1) is 11.6 Å². The predicted octanol–water partition coefficient (Wildman–Crippen LogP) is 2.31. The SMILES string of the molecule is NS(=O)(=O)N(c1ccc(F)cc1)c1ccc(F)cc1. The molecule has 2 aromatic carbocycles. The zero-order chi connectivity index (χ0) is 14.0. The molecule has 0 saturated carbocycles. The maximum absolute atomic E-state index is 12.9. The first kappa shape index (κ1) is 13.4. The van der Waals surface area contributed by atoms with Crippen molar-refractivity contribution in [3.05, 3.63) is 60.2 Å². The molecule has 0 aliphatic carbocycles. The first-order valence-corrected chi connectivity index (χ1v) is 6.72. The lowest BCUT2D eigenvalue weighted by atomic mass is 10.2. The van der Waals surface area contributed by atoms with Crippen LogP contribution in [0.5, 0.6) is 0 Å². The fourth-order valence-corrected chi connectivity index (χ4v) is 2.43. The Labute approximate surface area is 109 Å². The molecular weight excluding hydrogens is 274 g/mol. The standard InChI is InChI=1S/C12H10F2N2O2S/c13-9-1-5-11(6-2-9)16(19(15,17)18)12-7-3-10(14)4-8-12/h1-8H,(H2,15,17,18). The number of benzene rings is 2. The molecule has 2 rings (SSSR count). The molecule has 0 amide bonds. The lowest BCUT2D eigenvalue weighted by Crippen LogP contribution is -2.32. The van der Waals surface area contributed by atoms with Crippen molar-refractivity contribution in [1.29, 1.82) is 0 Å². The molecule has 19 heavy (non-hydrogen) atoms. The molecule has 4 nitrogen and oxygen atoms in total. The van der Waals surface area contributed by atoms with E-state index in [1.54, 1.807) is 0 Å². The van der Waals surface area contributed by atoms with Crippen LogP contribution >= 0.6 is 0 Å². The van der Waals surface area contributed by atoms with Crippen LogP contribution < -0.4 is 9.44 Å². The summed E-state index contributed by atoms with van der Waals surface area (Å²) in [6.45, 7) is 0. The zero-order valence-electron chi connectivity index (χ0n) is 9.62. The van der Waals surface area contributed by atoms with Crippen molar-refractivity contribution in [2.45, 2.75) is 0 Å². The van der Waals surface area contributed by atoms with Crippen molar-refractivity contribution < 1.29 is 17.2 Å². The summed E-state index contributed by atoms with van der Waals surface area (Å²) < 4.78 is 49.7. The van der Waals surface area contributed by atoms with Gasteiger partial charge in [-0.1, -0.05) is 0 Å². The summed E-state index contributed by atoms with van der Waals surface area (Å²) in [5.74, 6) is -1.01. The quantitative estimate of drug-likeness (QED) is 0.940. The third-order valence-electron chi connectivity index (χ3n) is 2.38. The van der Waals surface area contributed by atoms with Crippen LogP contribution in [0.4, 0.5) is 20.2 Å². The van der Waals surface area contributed by atoms with E-state index in [1.165, 1.54) is 24.3 Å². The summed E-state index contributed by atoms with van der Waals surface area (Å²) in [4.78, 5) is 0. The summed E-state index contributed by atoms with van der Waals surface area (Å²) in [6.07, 6.45) is 0. The lowest BCUT2D eigenvalue weighted by molar-refractivity contribution is 0.597. The van der Waals surface area contributed by atoms with Crippen LogP contribution in [0.15, 0.2) is 48.5 Å². The number of nitrogens with two attached hydrogens (primary N) is 1. The Morgan fingerprint density at radius 1 is 0.789 bits per heavy atom. The molecular formula is C12H10F2N2O2S. The number of hydrogen-bond acceptors (Lipinski definition) is 2. The van der Waals surface area contributed by atoms with E-state index < -0.39 is 21.8 Å². The molecule has 0 fully saturated rings. The lowest BCUT2D eigenvalue weighted by Gasteiger charge is -2.21. The molecule has 0 spiro atoms. The Kier molecular flexibility index (Phi) is 3.50. The van der Waals surface area contributed by atoms with Gasteiger partial charge in [0.1, 0.15) is 11.6 Å². The fraction of sp³-hybridized carbons (Fsp3) is 0. The van der Waals surface area contributed by atoms with Crippen LogP contribution in [-0.2, 0) is 10.2 Å². The zero-order valence-corrected chi connectivity index (χ0v) is 10.4. The first-order chi connectivity index (χ1) is 8.88. The number of nitrogens with zero attached hydrogens (tertiary/aromatic N) is 1. The summed E-state index contributed by atoms with van der Waals surface area (Å²) in [6, 6.07) is 9.50. The average Bonchev–Trinajstić information content (AvgIpc) is 2.33. The van der Waals surface area contributed by atoms with Crippen LogP contribution in [0.25, 0.3) is 0 Å². The maximum Gasteiger partial charge on any atom is 0.303 e. The fourth-order valence-electron chi connectivity index (χ4n) is 1.60. The van der Waals surface area contributed by atoms with E-state index >= 15 is 0 Å². The highest BCUT2D eigenvalue weighted by molar-refractivity contribution is 7.90. The van der Waals surface area contributed by atoms with E-state index in [0.29, 0.717) is 0 Å². The van der Waals surface area contributed by atoms with E-state index in [4.69, 9.17) is 5.14 Å². The molecule has 0 heterocycles. The second kappa shape index (κ2) is 4.94. The molecule has 7 heteroatoms. The summed E-state index contributed by atoms with van der Waals surface area (Å²) >= 11 is 0. The topological polar surface area (TPSA) is 63.4 Å². The second-order valence-corrected chi connectivity index (χ2v) is 5.16. The summed E-state index contributed by atoms with van der Waals surface area (Å²) in [5.41, 5.74) is 0.325. The molecule has 2 N–H and O–H groups in total. The Morgan fingerprint density at radius 3 is 1.37 bits per heavy atom. The van der Waals surface area contributed by atoms with Gasteiger partial charge in [0.25, 0.3) is 0 Å². The van der Waals surface area contributed by atoms with Gasteiger partial charge >= 0.3 is 10.2 Å². The van der Waals surface area contributed by atoms with E-state index in [9.17, 15) is 17.2 Å². The van der Waals surface area contributed by atoms with E-state index in [-0.39, 0.29) is 11.4 Å². The Hall–Kier alpha value is -1.99. The van der Waals surface area contributed by atoms with Crippen LogP contribution in [0.2, 0.25) is 0 Å². The van der Waals surface area contributed by atoms with Crippen molar-refractivity contribution >= 4 is 21.6 Å². The molecule has 0 aliphatic heterocycles. The minimum atomic E-state index is -4.11. The number of halogens is 2. The Morgan fingerprint density at radius 2 is 1.11 bits per heavy atom. The monoisotopic (exact) mass is 284 g/mol. The van der Waals surface area contributed by atoms with Crippen molar-refractivity contribution in [1.82, 2.24) is 0 Å². The third-order valence-corrected chi connectivity index (χ3v) is 3.31. The number of anilines is 2. The molecule has 0 unspecified atom stereocenters.